The molecule has 1 aliphatic rings. The second kappa shape index (κ2) is 3.52. The van der Waals surface area contributed by atoms with Crippen LogP contribution in [0.1, 0.15) is 16.7 Å². The fourth-order valence-electron chi connectivity index (χ4n) is 2.64. The Morgan fingerprint density at radius 1 is 1.06 bits per heavy atom. The monoisotopic (exact) mass is 226 g/mol. The maximum absolute atomic E-state index is 10.1. The minimum atomic E-state index is 0.266. The molecule has 3 rings (SSSR count). The van der Waals surface area contributed by atoms with Crippen molar-refractivity contribution in [1.82, 2.24) is 0 Å². The van der Waals surface area contributed by atoms with Crippen LogP contribution in [-0.4, -0.2) is 10.2 Å². The van der Waals surface area contributed by atoms with Gasteiger partial charge in [0.1, 0.15) is 11.5 Å². The molecule has 0 aliphatic heterocycles. The largest absolute Gasteiger partial charge is 0.507 e. The molecule has 2 N–H and O–H groups in total. The number of aromatic hydroxyl groups is 2. The SMILES string of the molecule is Cc1cc(O)c2c(c1O)CCc1ccccc1-2. The standard InChI is InChI=1S/C15H14O2/c1-9-8-13(16)14-11-5-3-2-4-10(11)6-7-12(14)15(9)17/h2-5,8,16-17H,6-7H2,1H3. The maximum atomic E-state index is 10.1. The highest BCUT2D eigenvalue weighted by Crippen LogP contribution is 2.44. The van der Waals surface area contributed by atoms with Crippen LogP contribution in [-0.2, 0) is 12.8 Å². The van der Waals surface area contributed by atoms with E-state index >= 15 is 0 Å². The normalized spacial score (nSPS) is 13.0. The number of rotatable bonds is 0. The molecule has 2 nitrogen and oxygen atoms in total. The summed E-state index contributed by atoms with van der Waals surface area (Å²) < 4.78 is 0. The van der Waals surface area contributed by atoms with Crippen molar-refractivity contribution in [1.29, 1.82) is 0 Å². The third kappa shape index (κ3) is 1.41. The number of fused-ring (bicyclic) bond motifs is 3. The summed E-state index contributed by atoms with van der Waals surface area (Å²) in [6.45, 7) is 1.82. The highest BCUT2D eigenvalue weighted by atomic mass is 16.3. The van der Waals surface area contributed by atoms with Crippen molar-refractivity contribution >= 4 is 0 Å². The van der Waals surface area contributed by atoms with Crippen LogP contribution in [0.4, 0.5) is 0 Å². The van der Waals surface area contributed by atoms with Gasteiger partial charge in [0.15, 0.2) is 0 Å². The van der Waals surface area contributed by atoms with Gasteiger partial charge in [-0.25, -0.2) is 0 Å². The predicted molar refractivity (Wildman–Crippen MR) is 67.4 cm³/mol. The van der Waals surface area contributed by atoms with E-state index in [9.17, 15) is 10.2 Å². The van der Waals surface area contributed by atoms with Crippen LogP contribution in [0.3, 0.4) is 0 Å². The molecule has 0 spiro atoms. The van der Waals surface area contributed by atoms with Crippen molar-refractivity contribution in [3.63, 3.8) is 0 Å². The summed E-state index contributed by atoms with van der Waals surface area (Å²) in [6, 6.07) is 9.69. The van der Waals surface area contributed by atoms with E-state index in [1.165, 1.54) is 5.56 Å². The number of hydrogen-bond acceptors (Lipinski definition) is 2. The van der Waals surface area contributed by atoms with Crippen molar-refractivity contribution in [2.45, 2.75) is 19.8 Å². The molecule has 86 valence electrons. The van der Waals surface area contributed by atoms with Crippen LogP contribution in [0.5, 0.6) is 11.5 Å². The lowest BCUT2D eigenvalue weighted by molar-refractivity contribution is 0.451. The molecule has 0 fully saturated rings. The summed E-state index contributed by atoms with van der Waals surface area (Å²) in [5.41, 5.74) is 4.69. The van der Waals surface area contributed by atoms with Crippen LogP contribution in [0.15, 0.2) is 30.3 Å². The molecule has 2 heteroatoms. The summed E-state index contributed by atoms with van der Waals surface area (Å²) >= 11 is 0. The van der Waals surface area contributed by atoms with E-state index in [0.717, 1.165) is 35.1 Å². The molecular weight excluding hydrogens is 212 g/mol. The van der Waals surface area contributed by atoms with E-state index in [1.807, 2.05) is 25.1 Å². The first-order chi connectivity index (χ1) is 8.18. The number of aryl methyl sites for hydroxylation is 2. The van der Waals surface area contributed by atoms with Crippen LogP contribution in [0.2, 0.25) is 0 Å². The second-order valence-corrected chi connectivity index (χ2v) is 4.57. The van der Waals surface area contributed by atoms with Gasteiger partial charge >= 0.3 is 0 Å². The lowest BCUT2D eigenvalue weighted by Crippen LogP contribution is -2.05. The lowest BCUT2D eigenvalue weighted by Gasteiger charge is -2.22. The minimum Gasteiger partial charge on any atom is -0.507 e. The maximum Gasteiger partial charge on any atom is 0.124 e. The zero-order valence-electron chi connectivity index (χ0n) is 9.70. The van der Waals surface area contributed by atoms with Gasteiger partial charge in [0, 0.05) is 11.1 Å². The minimum absolute atomic E-state index is 0.266. The Bertz CT molecular complexity index is 600. The Morgan fingerprint density at radius 3 is 2.65 bits per heavy atom. The lowest BCUT2D eigenvalue weighted by atomic mass is 9.83. The molecule has 0 saturated heterocycles. The number of hydrogen-bond donors (Lipinski definition) is 2. The van der Waals surface area contributed by atoms with Crippen molar-refractivity contribution in [2.24, 2.45) is 0 Å². The molecule has 0 radical (unpaired) electrons. The number of benzene rings is 2. The quantitative estimate of drug-likeness (QED) is 0.677. The molecule has 2 aromatic rings. The van der Waals surface area contributed by atoms with Crippen molar-refractivity contribution < 1.29 is 10.2 Å². The molecule has 0 heterocycles. The van der Waals surface area contributed by atoms with Crippen LogP contribution >= 0.6 is 0 Å². The van der Waals surface area contributed by atoms with E-state index in [1.54, 1.807) is 6.07 Å². The molecule has 1 aliphatic carbocycles. The zero-order valence-corrected chi connectivity index (χ0v) is 9.70. The molecule has 17 heavy (non-hydrogen) atoms. The molecule has 0 saturated carbocycles. The van der Waals surface area contributed by atoms with Gasteiger partial charge in [0.05, 0.1) is 0 Å². The van der Waals surface area contributed by atoms with Gasteiger partial charge in [0.2, 0.25) is 0 Å². The first-order valence-electron chi connectivity index (χ1n) is 5.81. The Labute approximate surface area is 100 Å². The molecule has 0 bridgehead atoms. The van der Waals surface area contributed by atoms with Gasteiger partial charge in [0.25, 0.3) is 0 Å². The van der Waals surface area contributed by atoms with Gasteiger partial charge in [-0.3, -0.25) is 0 Å². The van der Waals surface area contributed by atoms with E-state index < -0.39 is 0 Å². The summed E-state index contributed by atoms with van der Waals surface area (Å²) in [6.07, 6.45) is 1.70. The summed E-state index contributed by atoms with van der Waals surface area (Å²) in [7, 11) is 0. The average Bonchev–Trinajstić information content (AvgIpc) is 2.35. The summed E-state index contributed by atoms with van der Waals surface area (Å²) in [5, 5.41) is 20.2. The van der Waals surface area contributed by atoms with E-state index in [4.69, 9.17) is 0 Å². The third-order valence-corrected chi connectivity index (χ3v) is 3.50. The third-order valence-electron chi connectivity index (χ3n) is 3.50. The molecular formula is C15H14O2. The summed E-state index contributed by atoms with van der Waals surface area (Å²) in [4.78, 5) is 0. The predicted octanol–water partition coefficient (Wildman–Crippen LogP) is 3.17. The highest BCUT2D eigenvalue weighted by Gasteiger charge is 2.22. The molecule has 0 aromatic heterocycles. The van der Waals surface area contributed by atoms with Crippen molar-refractivity contribution in [2.75, 3.05) is 0 Å². The topological polar surface area (TPSA) is 40.5 Å². The molecule has 0 amide bonds. The molecule has 2 aromatic carbocycles. The van der Waals surface area contributed by atoms with Gasteiger partial charge in [-0.1, -0.05) is 24.3 Å². The first-order valence-corrected chi connectivity index (χ1v) is 5.81. The van der Waals surface area contributed by atoms with Gasteiger partial charge < -0.3 is 10.2 Å². The second-order valence-electron chi connectivity index (χ2n) is 4.57. The van der Waals surface area contributed by atoms with Crippen LogP contribution in [0.25, 0.3) is 11.1 Å². The fraction of sp³-hybridized carbons (Fsp3) is 0.200. The van der Waals surface area contributed by atoms with Crippen LogP contribution < -0.4 is 0 Å². The molecule has 0 unspecified atom stereocenters. The Hall–Kier alpha value is -1.96. The fourth-order valence-corrected chi connectivity index (χ4v) is 2.64. The van der Waals surface area contributed by atoms with Gasteiger partial charge in [-0.2, -0.15) is 0 Å². The Balaban J connectivity index is 2.36. The highest BCUT2D eigenvalue weighted by molar-refractivity contribution is 5.81. The van der Waals surface area contributed by atoms with Gasteiger partial charge in [-0.05, 0) is 42.5 Å². The van der Waals surface area contributed by atoms with Crippen LogP contribution in [0, 0.1) is 6.92 Å². The number of phenols is 2. The van der Waals surface area contributed by atoms with E-state index in [-0.39, 0.29) is 5.75 Å². The van der Waals surface area contributed by atoms with Gasteiger partial charge in [-0.15, -0.1) is 0 Å². The summed E-state index contributed by atoms with van der Waals surface area (Å²) in [5.74, 6) is 0.592. The Morgan fingerprint density at radius 2 is 1.82 bits per heavy atom. The Kier molecular flexibility index (Phi) is 2.11. The number of phenolic OH excluding ortho intramolecular Hbond substituents is 2. The zero-order chi connectivity index (χ0) is 12.0. The van der Waals surface area contributed by atoms with Crippen molar-refractivity contribution in [3.05, 3.63) is 47.0 Å². The van der Waals surface area contributed by atoms with E-state index in [2.05, 4.69) is 6.07 Å². The molecule has 0 atom stereocenters. The smallest absolute Gasteiger partial charge is 0.124 e. The van der Waals surface area contributed by atoms with E-state index in [0.29, 0.717) is 5.75 Å². The van der Waals surface area contributed by atoms with Crippen molar-refractivity contribution in [3.8, 4) is 22.6 Å². The first kappa shape index (κ1) is 10.2. The average molecular weight is 226 g/mol.